The van der Waals surface area contributed by atoms with Crippen LogP contribution in [0.3, 0.4) is 0 Å². The van der Waals surface area contributed by atoms with E-state index in [1.54, 1.807) is 6.08 Å². The van der Waals surface area contributed by atoms with Gasteiger partial charge in [-0.1, -0.05) is 141 Å². The monoisotopic (exact) mass is 668 g/mol. The standard InChI is InChI=1S/C44H60O5/c1-31(19-15-21-33(3)23-25-39-35(5)29-38(48-36(6)45)30-42(39,8)9)17-13-14-18-32(2)20-16-22-34(4)24-26-40(47)44(12)28-27-41(43(44,10)11)49-37(7)46/h13-26,38,41H,27-30H2,1-12H3. The molecule has 5 heteroatoms. The van der Waals surface area contributed by atoms with E-state index in [0.717, 1.165) is 35.1 Å². The first-order valence-corrected chi connectivity index (χ1v) is 17.5. The topological polar surface area (TPSA) is 69.7 Å². The summed E-state index contributed by atoms with van der Waals surface area (Å²) in [5.74, 6) is -0.448. The highest BCUT2D eigenvalue weighted by molar-refractivity contribution is 5.96. The summed E-state index contributed by atoms with van der Waals surface area (Å²) in [6, 6.07) is 0. The van der Waals surface area contributed by atoms with Crippen LogP contribution in [0.4, 0.5) is 0 Å². The number of hydrogen-bond donors (Lipinski definition) is 0. The predicted octanol–water partition coefficient (Wildman–Crippen LogP) is 10.9. The molecular weight excluding hydrogens is 608 g/mol. The van der Waals surface area contributed by atoms with Crippen molar-refractivity contribution in [1.82, 2.24) is 0 Å². The second kappa shape index (κ2) is 18.1. The molecule has 0 amide bonds. The van der Waals surface area contributed by atoms with Gasteiger partial charge in [0, 0.05) is 31.1 Å². The summed E-state index contributed by atoms with van der Waals surface area (Å²) in [6.07, 6.45) is 31.1. The average molecular weight is 669 g/mol. The maximum Gasteiger partial charge on any atom is 0.302 e. The molecule has 3 atom stereocenters. The molecule has 0 saturated heterocycles. The Morgan fingerprint density at radius 1 is 0.653 bits per heavy atom. The lowest BCUT2D eigenvalue weighted by atomic mass is 9.66. The van der Waals surface area contributed by atoms with Gasteiger partial charge in [-0.25, -0.2) is 0 Å². The maximum absolute atomic E-state index is 13.2. The van der Waals surface area contributed by atoms with Gasteiger partial charge in [-0.15, -0.1) is 0 Å². The van der Waals surface area contributed by atoms with E-state index < -0.39 is 10.8 Å². The molecule has 1 saturated carbocycles. The van der Waals surface area contributed by atoms with Crippen LogP contribution in [0, 0.1) is 16.2 Å². The highest BCUT2D eigenvalue weighted by atomic mass is 16.5. The van der Waals surface area contributed by atoms with Gasteiger partial charge in [-0.05, 0) is 70.9 Å². The fraction of sp³-hybridized carbons (Fsp3) is 0.477. The van der Waals surface area contributed by atoms with Crippen molar-refractivity contribution in [2.24, 2.45) is 16.2 Å². The van der Waals surface area contributed by atoms with Crippen LogP contribution >= 0.6 is 0 Å². The summed E-state index contributed by atoms with van der Waals surface area (Å²) < 4.78 is 11.0. The molecule has 1 fully saturated rings. The quantitative estimate of drug-likeness (QED) is 0.111. The number of hydrogen-bond acceptors (Lipinski definition) is 5. The van der Waals surface area contributed by atoms with Crippen LogP contribution in [0.15, 0.2) is 119 Å². The van der Waals surface area contributed by atoms with Gasteiger partial charge in [0.2, 0.25) is 0 Å². The number of allylic oxidation sites excluding steroid dienone is 19. The number of rotatable bonds is 13. The Hall–Kier alpha value is -3.99. The van der Waals surface area contributed by atoms with Crippen LogP contribution in [0.25, 0.3) is 0 Å². The fourth-order valence-corrected chi connectivity index (χ4v) is 6.72. The van der Waals surface area contributed by atoms with E-state index in [1.807, 2.05) is 71.1 Å². The van der Waals surface area contributed by atoms with Crippen molar-refractivity contribution in [1.29, 1.82) is 0 Å². The van der Waals surface area contributed by atoms with Crippen LogP contribution in [-0.2, 0) is 23.9 Å². The van der Waals surface area contributed by atoms with E-state index in [2.05, 4.69) is 77.2 Å². The molecule has 0 bridgehead atoms. The van der Waals surface area contributed by atoms with Gasteiger partial charge in [0.25, 0.3) is 0 Å². The minimum absolute atomic E-state index is 0.0479. The number of esters is 2. The van der Waals surface area contributed by atoms with Crippen molar-refractivity contribution in [3.8, 4) is 0 Å². The van der Waals surface area contributed by atoms with Crippen molar-refractivity contribution in [2.45, 2.75) is 121 Å². The highest BCUT2D eigenvalue weighted by Gasteiger charge is 2.56. The van der Waals surface area contributed by atoms with Crippen molar-refractivity contribution in [3.05, 3.63) is 119 Å². The molecule has 0 aliphatic heterocycles. The van der Waals surface area contributed by atoms with E-state index in [9.17, 15) is 14.4 Å². The van der Waals surface area contributed by atoms with Crippen molar-refractivity contribution in [2.75, 3.05) is 0 Å². The molecule has 0 aromatic rings. The Morgan fingerprint density at radius 2 is 1.14 bits per heavy atom. The fourth-order valence-electron chi connectivity index (χ4n) is 6.72. The minimum Gasteiger partial charge on any atom is -0.462 e. The SMILES string of the molecule is CC(=O)OC1CC(C)=C(C=CC(C)=CC=CC(C)=CC=CC=C(C)C=CC=C(C)C=CC(=O)C2(C)CCC(OC(C)=O)C2(C)C)C(C)(C)C1. The normalized spacial score (nSPS) is 25.5. The molecule has 3 unspecified atom stereocenters. The Morgan fingerprint density at radius 3 is 1.65 bits per heavy atom. The lowest BCUT2D eigenvalue weighted by Gasteiger charge is -2.39. The van der Waals surface area contributed by atoms with Crippen molar-refractivity contribution in [3.63, 3.8) is 0 Å². The van der Waals surface area contributed by atoms with Gasteiger partial charge in [-0.2, -0.15) is 0 Å². The molecule has 0 spiro atoms. The largest absolute Gasteiger partial charge is 0.462 e. The first-order valence-electron chi connectivity index (χ1n) is 17.5. The third kappa shape index (κ3) is 12.4. The van der Waals surface area contributed by atoms with Crippen LogP contribution < -0.4 is 0 Å². The van der Waals surface area contributed by atoms with Gasteiger partial charge in [0.05, 0.1) is 0 Å². The first kappa shape index (κ1) is 41.2. The smallest absolute Gasteiger partial charge is 0.302 e. The predicted molar refractivity (Wildman–Crippen MR) is 204 cm³/mol. The van der Waals surface area contributed by atoms with Crippen LogP contribution in [0.1, 0.15) is 109 Å². The molecule has 266 valence electrons. The third-order valence-corrected chi connectivity index (χ3v) is 10.1. The van der Waals surface area contributed by atoms with Gasteiger partial charge in [-0.3, -0.25) is 14.4 Å². The Kier molecular flexibility index (Phi) is 15.2. The number of carbonyl (C=O) groups excluding carboxylic acids is 3. The second-order valence-electron chi connectivity index (χ2n) is 15.2. The Bertz CT molecular complexity index is 1540. The number of carbonyl (C=O) groups is 3. The van der Waals surface area contributed by atoms with E-state index >= 15 is 0 Å². The average Bonchev–Trinajstić information content (AvgIpc) is 3.20. The molecular formula is C44H60O5. The van der Waals surface area contributed by atoms with Crippen molar-refractivity contribution < 1.29 is 23.9 Å². The zero-order valence-electron chi connectivity index (χ0n) is 32.1. The second-order valence-corrected chi connectivity index (χ2v) is 15.2. The lowest BCUT2D eigenvalue weighted by Crippen LogP contribution is -2.43. The summed E-state index contributed by atoms with van der Waals surface area (Å²) in [5.41, 5.74) is 5.92. The van der Waals surface area contributed by atoms with E-state index in [0.29, 0.717) is 12.8 Å². The summed E-state index contributed by atoms with van der Waals surface area (Å²) in [6.45, 7) is 23.7. The highest BCUT2D eigenvalue weighted by Crippen LogP contribution is 2.54. The molecule has 0 aromatic carbocycles. The molecule has 2 aliphatic rings. The van der Waals surface area contributed by atoms with Crippen molar-refractivity contribution >= 4 is 17.7 Å². The van der Waals surface area contributed by atoms with E-state index in [-0.39, 0.29) is 35.3 Å². The number of ether oxygens (including phenoxy) is 2. The Balaban J connectivity index is 1.91. The summed E-state index contributed by atoms with van der Waals surface area (Å²) in [4.78, 5) is 36.2. The zero-order valence-corrected chi connectivity index (χ0v) is 32.1. The summed E-state index contributed by atoms with van der Waals surface area (Å²) >= 11 is 0. The van der Waals surface area contributed by atoms with Crippen LogP contribution in [0.2, 0.25) is 0 Å². The molecule has 2 rings (SSSR count). The molecule has 0 radical (unpaired) electrons. The molecule has 2 aliphatic carbocycles. The van der Waals surface area contributed by atoms with E-state index in [4.69, 9.17) is 9.47 Å². The van der Waals surface area contributed by atoms with E-state index in [1.165, 1.54) is 25.0 Å². The van der Waals surface area contributed by atoms with Gasteiger partial charge in [0.15, 0.2) is 5.78 Å². The maximum atomic E-state index is 13.2. The summed E-state index contributed by atoms with van der Waals surface area (Å²) in [5, 5.41) is 0. The molecule has 5 nitrogen and oxygen atoms in total. The van der Waals surface area contributed by atoms with Crippen LogP contribution in [-0.4, -0.2) is 29.9 Å². The first-order chi connectivity index (χ1) is 22.8. The molecule has 49 heavy (non-hydrogen) atoms. The zero-order chi connectivity index (χ0) is 37.0. The lowest BCUT2D eigenvalue weighted by molar-refractivity contribution is -0.155. The van der Waals surface area contributed by atoms with Gasteiger partial charge >= 0.3 is 11.9 Å². The Labute approximate surface area is 296 Å². The minimum atomic E-state index is -0.578. The summed E-state index contributed by atoms with van der Waals surface area (Å²) in [7, 11) is 0. The molecule has 0 N–H and O–H groups in total. The molecule has 0 aromatic heterocycles. The number of ketones is 1. The molecule has 0 heterocycles. The third-order valence-electron chi connectivity index (χ3n) is 10.1. The van der Waals surface area contributed by atoms with Gasteiger partial charge < -0.3 is 9.47 Å². The van der Waals surface area contributed by atoms with Gasteiger partial charge in [0.1, 0.15) is 12.2 Å². The van der Waals surface area contributed by atoms with Crippen LogP contribution in [0.5, 0.6) is 0 Å².